The van der Waals surface area contributed by atoms with Crippen molar-refractivity contribution < 1.29 is 0 Å². The Morgan fingerprint density at radius 3 is 2.74 bits per heavy atom. The van der Waals surface area contributed by atoms with E-state index in [0.717, 1.165) is 42.3 Å². The number of hydrogen-bond acceptors (Lipinski definition) is 7. The lowest BCUT2D eigenvalue weighted by Crippen LogP contribution is -2.30. The second-order valence-electron chi connectivity index (χ2n) is 6.95. The number of rotatable bonds is 5. The van der Waals surface area contributed by atoms with E-state index in [4.69, 9.17) is 5.41 Å². The molecule has 2 aliphatic carbocycles. The molecule has 6 nitrogen and oxygen atoms in total. The molecular weight excluding hydrogens is 356 g/mol. The van der Waals surface area contributed by atoms with Crippen molar-refractivity contribution in [2.24, 2.45) is 10.4 Å². The summed E-state index contributed by atoms with van der Waals surface area (Å²) in [6, 6.07) is 4.45. The largest absolute Gasteiger partial charge is 0.341 e. The Morgan fingerprint density at radius 2 is 2.19 bits per heavy atom. The first kappa shape index (κ1) is 19.4. The van der Waals surface area contributed by atoms with E-state index < -0.39 is 5.41 Å². The highest BCUT2D eigenvalue weighted by Crippen LogP contribution is 2.78. The van der Waals surface area contributed by atoms with Gasteiger partial charge in [0.05, 0.1) is 17.5 Å². The summed E-state index contributed by atoms with van der Waals surface area (Å²) in [5.41, 5.74) is 2.06. The van der Waals surface area contributed by atoms with Crippen molar-refractivity contribution in [2.45, 2.75) is 50.8 Å². The molecule has 0 saturated heterocycles. The van der Waals surface area contributed by atoms with Gasteiger partial charge in [-0.15, -0.1) is 11.8 Å². The van der Waals surface area contributed by atoms with Crippen molar-refractivity contribution in [3.05, 3.63) is 35.4 Å². The molecule has 1 spiro atoms. The zero-order valence-corrected chi connectivity index (χ0v) is 17.1. The van der Waals surface area contributed by atoms with Crippen molar-refractivity contribution in [1.29, 1.82) is 10.7 Å². The monoisotopic (exact) mass is 382 g/mol. The van der Waals surface area contributed by atoms with E-state index in [1.54, 1.807) is 18.0 Å². The lowest BCUT2D eigenvalue weighted by atomic mass is 9.98. The third kappa shape index (κ3) is 3.34. The molecule has 0 bridgehead atoms. The number of nitrogens with one attached hydrogen (secondary N) is 3. The molecule has 2 unspecified atom stereocenters. The molecule has 1 aromatic heterocycles. The first-order valence-corrected chi connectivity index (χ1v) is 10.6. The zero-order chi connectivity index (χ0) is 19.7. The molecule has 7 heteroatoms. The lowest BCUT2D eigenvalue weighted by molar-refractivity contribution is 0.714. The second kappa shape index (κ2) is 7.35. The Morgan fingerprint density at radius 1 is 1.44 bits per heavy atom. The van der Waals surface area contributed by atoms with E-state index in [1.165, 1.54) is 6.21 Å². The minimum Gasteiger partial charge on any atom is -0.341 e. The van der Waals surface area contributed by atoms with Crippen LogP contribution in [0, 0.1) is 22.2 Å². The number of anilines is 1. The number of thioether (sulfide) groups is 1. The van der Waals surface area contributed by atoms with Crippen LogP contribution in [0.5, 0.6) is 0 Å². The van der Waals surface area contributed by atoms with Crippen LogP contribution >= 0.6 is 11.8 Å². The van der Waals surface area contributed by atoms with Gasteiger partial charge in [-0.05, 0) is 50.0 Å². The first-order chi connectivity index (χ1) is 13.1. The van der Waals surface area contributed by atoms with Gasteiger partial charge >= 0.3 is 0 Å². The summed E-state index contributed by atoms with van der Waals surface area (Å²) in [4.78, 5) is 9.00. The molecule has 3 N–H and O–H groups in total. The van der Waals surface area contributed by atoms with Crippen LogP contribution in [0.3, 0.4) is 0 Å². The van der Waals surface area contributed by atoms with Crippen molar-refractivity contribution >= 4 is 29.5 Å². The van der Waals surface area contributed by atoms with Crippen molar-refractivity contribution in [1.82, 2.24) is 10.3 Å². The van der Waals surface area contributed by atoms with Crippen molar-refractivity contribution in [3.63, 3.8) is 0 Å². The molecule has 0 radical (unpaired) electrons. The maximum atomic E-state index is 9.73. The van der Waals surface area contributed by atoms with Crippen LogP contribution in [0.4, 0.5) is 5.69 Å². The smallest absolute Gasteiger partial charge is 0.119 e. The molecule has 4 rings (SSSR count). The summed E-state index contributed by atoms with van der Waals surface area (Å²) >= 11 is 1.66. The number of hydrogen-bond donors (Lipinski definition) is 3. The Hall–Kier alpha value is -2.33. The third-order valence-corrected chi connectivity index (χ3v) is 6.14. The zero-order valence-electron chi connectivity index (χ0n) is 16.3. The molecule has 2 fully saturated rings. The van der Waals surface area contributed by atoms with E-state index in [0.29, 0.717) is 5.56 Å². The summed E-state index contributed by atoms with van der Waals surface area (Å²) in [5, 5.41) is 24.0. The fraction of sp³-hybridized carbons (Fsp3) is 0.500. The minimum absolute atomic E-state index is 0.0668. The van der Waals surface area contributed by atoms with E-state index in [-0.39, 0.29) is 10.8 Å². The fourth-order valence-electron chi connectivity index (χ4n) is 3.70. The van der Waals surface area contributed by atoms with E-state index >= 15 is 0 Å². The normalized spacial score (nSPS) is 26.4. The Kier molecular flexibility index (Phi) is 5.29. The molecular formula is C20H26N6S. The van der Waals surface area contributed by atoms with Gasteiger partial charge in [0, 0.05) is 18.0 Å². The Labute approximate surface area is 165 Å². The first-order valence-electron chi connectivity index (χ1n) is 9.31. The van der Waals surface area contributed by atoms with Gasteiger partial charge in [0.1, 0.15) is 22.4 Å². The molecule has 1 aliphatic heterocycles. The number of aromatic nitrogens is 1. The highest BCUT2D eigenvalue weighted by atomic mass is 32.2. The standard InChI is InChI=1S/C18H20N6S.C2H6/c1-11-22-15(6-16(23-11)25-2)24-13-5-14(21-8-12(13)7-19)18(10-20)9-17(18)3-4-17;1-2/h5-8,16,19H,3-4,9H2,1-2H3,(H,21,24)(H,22,23);1-2H3. The van der Waals surface area contributed by atoms with Gasteiger partial charge in [0.15, 0.2) is 0 Å². The van der Waals surface area contributed by atoms with E-state index in [9.17, 15) is 5.26 Å². The van der Waals surface area contributed by atoms with Gasteiger partial charge in [-0.1, -0.05) is 13.8 Å². The number of aliphatic imine (C=N–C) groups is 1. The third-order valence-electron chi connectivity index (χ3n) is 5.41. The van der Waals surface area contributed by atoms with Crippen LogP contribution < -0.4 is 10.6 Å². The summed E-state index contributed by atoms with van der Waals surface area (Å²) in [6.07, 6.45) is 10.2. The van der Waals surface area contributed by atoms with Crippen LogP contribution in [0.25, 0.3) is 0 Å². The number of nitrogens with zero attached hydrogens (tertiary/aromatic N) is 3. The highest BCUT2D eigenvalue weighted by Gasteiger charge is 2.76. The SMILES string of the molecule is CC.CSC1C=C(Nc2cc(C3(C#N)CC34CC4)ncc2C=N)NC(C)=N1. The average Bonchev–Trinajstić information content (AvgIpc) is 3.61. The number of amidine groups is 1. The topological polar surface area (TPSA) is 97.0 Å². The van der Waals surface area contributed by atoms with Crippen LogP contribution in [0.2, 0.25) is 0 Å². The fourth-order valence-corrected chi connectivity index (χ4v) is 4.23. The molecule has 2 atom stereocenters. The quantitative estimate of drug-likeness (QED) is 0.669. The Balaban J connectivity index is 0.00000102. The predicted molar refractivity (Wildman–Crippen MR) is 112 cm³/mol. The minimum atomic E-state index is -0.433. The molecule has 0 amide bonds. The van der Waals surface area contributed by atoms with Gasteiger partial charge in [-0.3, -0.25) is 9.98 Å². The van der Waals surface area contributed by atoms with Crippen molar-refractivity contribution in [3.8, 4) is 6.07 Å². The average molecular weight is 383 g/mol. The molecule has 2 saturated carbocycles. The van der Waals surface area contributed by atoms with Crippen LogP contribution in [-0.4, -0.2) is 28.7 Å². The van der Waals surface area contributed by atoms with Crippen LogP contribution in [0.15, 0.2) is 29.2 Å². The van der Waals surface area contributed by atoms with Crippen LogP contribution in [-0.2, 0) is 5.41 Å². The van der Waals surface area contributed by atoms with E-state index in [2.05, 4.69) is 26.7 Å². The van der Waals surface area contributed by atoms with Gasteiger partial charge in [-0.25, -0.2) is 0 Å². The molecule has 2 heterocycles. The van der Waals surface area contributed by atoms with Gasteiger partial charge in [0.25, 0.3) is 0 Å². The Bertz CT molecular complexity index is 849. The molecule has 27 heavy (non-hydrogen) atoms. The summed E-state index contributed by atoms with van der Waals surface area (Å²) < 4.78 is 0. The van der Waals surface area contributed by atoms with Gasteiger partial charge in [0.2, 0.25) is 0 Å². The molecule has 142 valence electrons. The van der Waals surface area contributed by atoms with Gasteiger partial charge < -0.3 is 16.0 Å². The summed E-state index contributed by atoms with van der Waals surface area (Å²) in [6.45, 7) is 5.93. The maximum Gasteiger partial charge on any atom is 0.119 e. The maximum absolute atomic E-state index is 9.73. The number of pyridine rings is 1. The molecule has 3 aliphatic rings. The number of nitriles is 1. The van der Waals surface area contributed by atoms with Crippen molar-refractivity contribution in [2.75, 3.05) is 11.6 Å². The summed E-state index contributed by atoms with van der Waals surface area (Å²) in [5.74, 6) is 1.69. The van der Waals surface area contributed by atoms with Crippen LogP contribution in [0.1, 0.15) is 51.3 Å². The summed E-state index contributed by atoms with van der Waals surface area (Å²) in [7, 11) is 0. The molecule has 1 aromatic rings. The second-order valence-corrected chi connectivity index (χ2v) is 7.90. The highest BCUT2D eigenvalue weighted by molar-refractivity contribution is 7.99. The van der Waals surface area contributed by atoms with E-state index in [1.807, 2.05) is 39.2 Å². The lowest BCUT2D eigenvalue weighted by Gasteiger charge is -2.22. The molecule has 0 aromatic carbocycles. The predicted octanol–water partition coefficient (Wildman–Crippen LogP) is 4.01. The van der Waals surface area contributed by atoms with Gasteiger partial charge in [-0.2, -0.15) is 5.26 Å².